The number of nitrogens with zero attached hydrogens (tertiary/aromatic N) is 8. The molecule has 6 aromatic rings. The Hall–Kier alpha value is -5.36. The Morgan fingerprint density at radius 3 is 2.45 bits per heavy atom. The molecule has 1 N–H and O–H groups in total. The Labute approximate surface area is 388 Å². The number of para-hydroxylation sites is 1. The number of morpholine rings is 1. The molecule has 0 amide bonds. The Kier molecular flexibility index (Phi) is 15.8. The van der Waals surface area contributed by atoms with E-state index in [-0.39, 0.29) is 18.9 Å². The summed E-state index contributed by atoms with van der Waals surface area (Å²) < 4.78 is 32.5. The van der Waals surface area contributed by atoms with Crippen LogP contribution in [0.1, 0.15) is 36.6 Å². The number of benzene rings is 2. The van der Waals surface area contributed by atoms with Crippen molar-refractivity contribution < 1.29 is 33.6 Å². The van der Waals surface area contributed by atoms with E-state index < -0.39 is 12.1 Å². The number of carboxylic acids is 1. The van der Waals surface area contributed by atoms with Crippen LogP contribution >= 0.6 is 22.9 Å². The summed E-state index contributed by atoms with van der Waals surface area (Å²) in [6.45, 7) is 15.1. The predicted molar refractivity (Wildman–Crippen MR) is 252 cm³/mol. The molecule has 344 valence electrons. The van der Waals surface area contributed by atoms with E-state index in [2.05, 4.69) is 43.7 Å². The number of aromatic nitrogens is 5. The minimum absolute atomic E-state index is 0.0143. The van der Waals surface area contributed by atoms with Gasteiger partial charge >= 0.3 is 5.97 Å². The van der Waals surface area contributed by atoms with Crippen molar-refractivity contribution >= 4 is 39.1 Å². The van der Waals surface area contributed by atoms with Gasteiger partial charge in [-0.15, -0.1) is 11.3 Å². The molecule has 0 unspecified atom stereocenters. The molecule has 0 saturated carbocycles. The van der Waals surface area contributed by atoms with Crippen LogP contribution in [0.25, 0.3) is 31.8 Å². The van der Waals surface area contributed by atoms with Crippen LogP contribution in [0.15, 0.2) is 73.3 Å². The zero-order valence-electron chi connectivity index (χ0n) is 37.3. The Morgan fingerprint density at radius 2 is 1.68 bits per heavy atom. The molecule has 65 heavy (non-hydrogen) atoms. The van der Waals surface area contributed by atoms with Gasteiger partial charge in [0, 0.05) is 99.8 Å². The van der Waals surface area contributed by atoms with Crippen LogP contribution in [0.5, 0.6) is 23.3 Å². The van der Waals surface area contributed by atoms with E-state index in [9.17, 15) is 9.90 Å². The predicted octanol–water partition coefficient (Wildman–Crippen LogP) is 7.37. The molecule has 1 atom stereocenters. The van der Waals surface area contributed by atoms with Crippen molar-refractivity contribution in [2.45, 2.75) is 52.4 Å². The van der Waals surface area contributed by atoms with E-state index in [1.807, 2.05) is 66.2 Å². The first-order valence-electron chi connectivity index (χ1n) is 22.4. The summed E-state index contributed by atoms with van der Waals surface area (Å²) in [7, 11) is 2.14. The van der Waals surface area contributed by atoms with Gasteiger partial charge in [-0.1, -0.05) is 49.2 Å². The molecule has 15 nitrogen and oxygen atoms in total. The van der Waals surface area contributed by atoms with Gasteiger partial charge in [0.15, 0.2) is 0 Å². The zero-order valence-corrected chi connectivity index (χ0v) is 38.9. The van der Waals surface area contributed by atoms with Gasteiger partial charge in [-0.05, 0) is 61.3 Å². The van der Waals surface area contributed by atoms with Crippen LogP contribution in [0.4, 0.5) is 0 Å². The number of hydrogen-bond acceptors (Lipinski definition) is 14. The maximum absolute atomic E-state index is 13.1. The number of hydrogen-bond donors (Lipinski definition) is 1. The number of ether oxygens (including phenoxy) is 5. The second-order valence-electron chi connectivity index (χ2n) is 16.3. The number of aryl methyl sites for hydroxylation is 1. The van der Waals surface area contributed by atoms with E-state index >= 15 is 0 Å². The normalized spacial score (nSPS) is 15.6. The molecule has 2 saturated heterocycles. The van der Waals surface area contributed by atoms with Crippen molar-refractivity contribution in [1.29, 1.82) is 0 Å². The first-order valence-corrected chi connectivity index (χ1v) is 23.6. The van der Waals surface area contributed by atoms with Crippen molar-refractivity contribution in [3.05, 3.63) is 95.2 Å². The molecule has 2 fully saturated rings. The lowest BCUT2D eigenvalue weighted by Crippen LogP contribution is -2.45. The number of thiophene rings is 1. The topological polar surface area (TPSA) is 150 Å². The van der Waals surface area contributed by atoms with Crippen LogP contribution in [0, 0.1) is 6.92 Å². The van der Waals surface area contributed by atoms with E-state index in [4.69, 9.17) is 40.3 Å². The fraction of sp³-hybridized carbons (Fsp3) is 0.438. The Morgan fingerprint density at radius 1 is 0.892 bits per heavy atom. The largest absolute Gasteiger partial charge is 0.491 e. The summed E-state index contributed by atoms with van der Waals surface area (Å²) in [6.07, 6.45) is 5.71. The number of piperazine rings is 1. The summed E-state index contributed by atoms with van der Waals surface area (Å²) in [5, 5.41) is 16.2. The van der Waals surface area contributed by atoms with Crippen LogP contribution in [-0.2, 0) is 29.1 Å². The van der Waals surface area contributed by atoms with Crippen molar-refractivity contribution in [1.82, 2.24) is 39.4 Å². The number of pyridine rings is 1. The quantitative estimate of drug-likeness (QED) is 0.0766. The highest BCUT2D eigenvalue weighted by Gasteiger charge is 2.29. The summed E-state index contributed by atoms with van der Waals surface area (Å²) in [5.41, 5.74) is 4.77. The molecule has 0 radical (unpaired) electrons. The lowest BCUT2D eigenvalue weighted by Gasteiger charge is -2.32. The highest BCUT2D eigenvalue weighted by Crippen LogP contribution is 2.49. The minimum atomic E-state index is -1.32. The molecule has 0 aliphatic carbocycles. The highest BCUT2D eigenvalue weighted by molar-refractivity contribution is 7.22. The van der Waals surface area contributed by atoms with E-state index in [0.717, 1.165) is 118 Å². The maximum Gasteiger partial charge on any atom is 0.345 e. The fourth-order valence-corrected chi connectivity index (χ4v) is 9.39. The Balaban J connectivity index is 1.09. The van der Waals surface area contributed by atoms with Crippen LogP contribution < -0.4 is 18.9 Å². The van der Waals surface area contributed by atoms with Crippen molar-refractivity contribution in [3.8, 4) is 44.8 Å². The van der Waals surface area contributed by atoms with Crippen molar-refractivity contribution in [3.63, 3.8) is 0 Å². The number of aliphatic carboxylic acids is 1. The number of rotatable bonds is 21. The lowest BCUT2D eigenvalue weighted by molar-refractivity contribution is -0.145. The van der Waals surface area contributed by atoms with Gasteiger partial charge in [-0.3, -0.25) is 14.5 Å². The molecule has 4 aromatic heterocycles. The van der Waals surface area contributed by atoms with Gasteiger partial charge in [-0.2, -0.15) is 5.10 Å². The summed E-state index contributed by atoms with van der Waals surface area (Å²) in [6, 6.07) is 17.1. The van der Waals surface area contributed by atoms with Crippen LogP contribution in [0.3, 0.4) is 0 Å². The summed E-state index contributed by atoms with van der Waals surface area (Å²) in [5.74, 6) is 0.660. The third-order valence-corrected chi connectivity index (χ3v) is 13.5. The van der Waals surface area contributed by atoms with Gasteiger partial charge in [-0.25, -0.2) is 19.7 Å². The maximum atomic E-state index is 13.1. The van der Waals surface area contributed by atoms with Gasteiger partial charge < -0.3 is 33.7 Å². The number of halogens is 1. The van der Waals surface area contributed by atoms with Gasteiger partial charge in [0.1, 0.15) is 42.5 Å². The van der Waals surface area contributed by atoms with Crippen molar-refractivity contribution in [2.24, 2.45) is 0 Å². The molecule has 2 aliphatic rings. The van der Waals surface area contributed by atoms with Gasteiger partial charge in [0.05, 0.1) is 29.3 Å². The first-order chi connectivity index (χ1) is 31.7. The zero-order chi connectivity index (χ0) is 45.1. The average molecular weight is 926 g/mol. The lowest BCUT2D eigenvalue weighted by atomic mass is 9.96. The minimum Gasteiger partial charge on any atom is -0.491 e. The monoisotopic (exact) mass is 924 g/mol. The number of fused-ring (bicyclic) bond motifs is 1. The average Bonchev–Trinajstić information content (AvgIpc) is 3.95. The van der Waals surface area contributed by atoms with E-state index in [1.54, 1.807) is 12.4 Å². The SMILES string of the molecule is CCCCn1nccc1COc1ccccc1C[C@@H](Oc1ncnc2sc(-c3ccc(OCCN4CCOCC4)nc3)c(-c3ccc(OCCN4CCN(C)CC4)c(Cl)c3C)c12)C(=O)O. The molecule has 6 heterocycles. The number of carbonyl (C=O) groups is 1. The van der Waals surface area contributed by atoms with Gasteiger partial charge in [0.2, 0.25) is 17.9 Å². The van der Waals surface area contributed by atoms with Crippen LogP contribution in [-0.4, -0.2) is 142 Å². The fourth-order valence-electron chi connectivity index (χ4n) is 8.03. The molecule has 2 aliphatic heterocycles. The molecule has 0 spiro atoms. The van der Waals surface area contributed by atoms with Crippen LogP contribution in [0.2, 0.25) is 5.02 Å². The second-order valence-corrected chi connectivity index (χ2v) is 17.7. The third-order valence-electron chi connectivity index (χ3n) is 11.9. The molecule has 2 aromatic carbocycles. The second kappa shape index (κ2) is 22.2. The van der Waals surface area contributed by atoms with Gasteiger partial charge in [0.25, 0.3) is 0 Å². The molecule has 0 bridgehead atoms. The molecular formula is C48H57ClN8O7S. The molecule has 17 heteroatoms. The van der Waals surface area contributed by atoms with E-state index in [1.165, 1.54) is 17.7 Å². The smallest absolute Gasteiger partial charge is 0.345 e. The Bertz CT molecular complexity index is 2510. The molecule has 8 rings (SSSR count). The standard InChI is InChI=1S/C48H57ClN8O7S/c1-4-5-16-57-36(14-15-53-57)31-63-38-9-7-6-8-34(38)29-40(48(58)59)64-46-43-42(37-11-12-39(44(49)33(37)2)61-27-23-55-19-17-54(3)18-20-55)45(65-47(43)52-32-51-46)35-10-13-41(50-30-35)62-28-24-56-21-25-60-26-22-56/h6-15,30,32,40H,4-5,16-29,31H2,1-3H3,(H,58,59)/t40-/m1/s1. The third kappa shape index (κ3) is 11.5. The summed E-state index contributed by atoms with van der Waals surface area (Å²) in [4.78, 5) is 35.6. The summed E-state index contributed by atoms with van der Waals surface area (Å²) >= 11 is 8.59. The highest BCUT2D eigenvalue weighted by atomic mass is 35.5. The first kappa shape index (κ1) is 46.2. The van der Waals surface area contributed by atoms with E-state index in [0.29, 0.717) is 51.4 Å². The number of likely N-dealkylation sites (N-methyl/N-ethyl adjacent to an activating group) is 1. The number of unbranched alkanes of at least 4 members (excludes halogenated alkanes) is 1. The number of carboxylic acid groups (broad SMARTS) is 1. The van der Waals surface area contributed by atoms with Crippen molar-refractivity contribution in [2.75, 3.05) is 85.8 Å². The molecular weight excluding hydrogens is 868 g/mol.